The summed E-state index contributed by atoms with van der Waals surface area (Å²) in [5, 5.41) is 9.79. The number of benzene rings is 3. The molecule has 3 N–H and O–H groups in total. The molecule has 0 saturated heterocycles. The van der Waals surface area contributed by atoms with Gasteiger partial charge in [-0.25, -0.2) is 9.97 Å². The maximum Gasteiger partial charge on any atom is 0.255 e. The van der Waals surface area contributed by atoms with Crippen LogP contribution < -0.4 is 20.7 Å². The van der Waals surface area contributed by atoms with Gasteiger partial charge in [0, 0.05) is 23.7 Å². The Kier molecular flexibility index (Phi) is 7.47. The molecule has 1 aromatic heterocycles. The number of thioether (sulfide) groups is 1. The Morgan fingerprint density at radius 1 is 0.914 bits per heavy atom. The lowest BCUT2D eigenvalue weighted by Gasteiger charge is -2.13. The Bertz CT molecular complexity index is 1360. The summed E-state index contributed by atoms with van der Waals surface area (Å²) < 4.78 is 5.27. The second kappa shape index (κ2) is 10.9. The number of carbonyl (C=O) groups is 2. The van der Waals surface area contributed by atoms with Gasteiger partial charge in [-0.1, -0.05) is 36.0 Å². The molecule has 4 rings (SSSR count). The van der Waals surface area contributed by atoms with Crippen molar-refractivity contribution in [3.8, 4) is 5.75 Å². The Labute approximate surface area is 207 Å². The van der Waals surface area contributed by atoms with Crippen LogP contribution in [0.3, 0.4) is 0 Å². The molecule has 4 aromatic rings. The summed E-state index contributed by atoms with van der Waals surface area (Å²) in [4.78, 5) is 34.5. The largest absolute Gasteiger partial charge is 0.495 e. The fraction of sp³-hybridized carbons (Fsp3) is 0.154. The van der Waals surface area contributed by atoms with Crippen molar-refractivity contribution >= 4 is 51.7 Å². The number of rotatable bonds is 8. The zero-order valence-electron chi connectivity index (χ0n) is 19.5. The van der Waals surface area contributed by atoms with Gasteiger partial charge in [-0.3, -0.25) is 9.59 Å². The van der Waals surface area contributed by atoms with E-state index in [1.165, 1.54) is 11.8 Å². The highest BCUT2D eigenvalue weighted by atomic mass is 32.2. The highest BCUT2D eigenvalue weighted by molar-refractivity contribution is 8.00. The lowest BCUT2D eigenvalue weighted by atomic mass is 10.2. The molecule has 9 heteroatoms. The highest BCUT2D eigenvalue weighted by Gasteiger charge is 2.18. The van der Waals surface area contributed by atoms with E-state index < -0.39 is 5.25 Å². The number of anilines is 3. The number of methoxy groups -OCH3 is 1. The van der Waals surface area contributed by atoms with E-state index in [2.05, 4.69) is 25.9 Å². The first kappa shape index (κ1) is 24.0. The van der Waals surface area contributed by atoms with Crippen LogP contribution in [0.1, 0.15) is 17.3 Å². The van der Waals surface area contributed by atoms with Crippen molar-refractivity contribution in [2.75, 3.05) is 30.1 Å². The molecule has 0 saturated carbocycles. The Hall–Kier alpha value is -4.11. The molecule has 0 radical (unpaired) electrons. The number of hydrogen-bond acceptors (Lipinski definition) is 7. The van der Waals surface area contributed by atoms with Crippen LogP contribution in [0.4, 0.5) is 17.2 Å². The third kappa shape index (κ3) is 5.70. The van der Waals surface area contributed by atoms with Crippen molar-refractivity contribution in [2.24, 2.45) is 0 Å². The van der Waals surface area contributed by atoms with E-state index in [1.807, 2.05) is 36.4 Å². The van der Waals surface area contributed by atoms with Gasteiger partial charge in [0.15, 0.2) is 5.16 Å². The molecule has 1 unspecified atom stereocenters. The van der Waals surface area contributed by atoms with E-state index in [1.54, 1.807) is 57.5 Å². The second-order valence-corrected chi connectivity index (χ2v) is 8.91. The van der Waals surface area contributed by atoms with Crippen LogP contribution in [-0.2, 0) is 4.79 Å². The third-order valence-corrected chi connectivity index (χ3v) is 6.20. The molecule has 0 fully saturated rings. The molecule has 1 atom stereocenters. The summed E-state index contributed by atoms with van der Waals surface area (Å²) in [5.74, 6) is 0.829. The summed E-state index contributed by atoms with van der Waals surface area (Å²) in [5.41, 5.74) is 2.44. The minimum Gasteiger partial charge on any atom is -0.495 e. The molecule has 2 amide bonds. The van der Waals surface area contributed by atoms with Gasteiger partial charge in [0.25, 0.3) is 5.91 Å². The van der Waals surface area contributed by atoms with E-state index in [-0.39, 0.29) is 11.8 Å². The maximum atomic E-state index is 12.8. The number of nitrogens with one attached hydrogen (secondary N) is 3. The summed E-state index contributed by atoms with van der Waals surface area (Å²) in [6, 6.07) is 21.6. The zero-order valence-corrected chi connectivity index (χ0v) is 20.3. The first-order valence-corrected chi connectivity index (χ1v) is 11.8. The second-order valence-electron chi connectivity index (χ2n) is 7.60. The van der Waals surface area contributed by atoms with Crippen LogP contribution in [0, 0.1) is 0 Å². The van der Waals surface area contributed by atoms with Crippen LogP contribution in [-0.4, -0.2) is 41.2 Å². The lowest BCUT2D eigenvalue weighted by Crippen LogP contribution is -2.22. The molecular formula is C26H25N5O3S. The molecule has 0 aliphatic carbocycles. The standard InChI is InChI=1S/C26H25N5O3S/c1-16(35-26-30-20-9-5-4-8-19(20)23(27-2)31-26)24(32)28-18-14-12-17(13-15-18)25(33)29-21-10-6-7-11-22(21)34-3/h4-16H,1-3H3,(H,28,32)(H,29,33)(H,27,30,31). The van der Waals surface area contributed by atoms with Gasteiger partial charge in [-0.05, 0) is 55.5 Å². The number of aromatic nitrogens is 2. The van der Waals surface area contributed by atoms with Crippen molar-refractivity contribution in [1.82, 2.24) is 9.97 Å². The number of nitrogens with zero attached hydrogens (tertiary/aromatic N) is 2. The van der Waals surface area contributed by atoms with E-state index in [9.17, 15) is 9.59 Å². The third-order valence-electron chi connectivity index (χ3n) is 5.24. The van der Waals surface area contributed by atoms with Crippen LogP contribution in [0.15, 0.2) is 78.0 Å². The quantitative estimate of drug-likeness (QED) is 0.236. The molecule has 0 aliphatic rings. The number of ether oxygens (including phenoxy) is 1. The zero-order chi connectivity index (χ0) is 24.8. The highest BCUT2D eigenvalue weighted by Crippen LogP contribution is 2.27. The van der Waals surface area contributed by atoms with Crippen LogP contribution in [0.25, 0.3) is 10.9 Å². The Balaban J connectivity index is 1.39. The summed E-state index contributed by atoms with van der Waals surface area (Å²) in [6.45, 7) is 1.80. The van der Waals surface area contributed by atoms with Crippen molar-refractivity contribution < 1.29 is 14.3 Å². The smallest absolute Gasteiger partial charge is 0.255 e. The van der Waals surface area contributed by atoms with Crippen molar-refractivity contribution in [1.29, 1.82) is 0 Å². The van der Waals surface area contributed by atoms with Gasteiger partial charge in [0.1, 0.15) is 11.6 Å². The van der Waals surface area contributed by atoms with Gasteiger partial charge in [-0.15, -0.1) is 0 Å². The normalized spacial score (nSPS) is 11.5. The first-order chi connectivity index (χ1) is 17.0. The average Bonchev–Trinajstić information content (AvgIpc) is 2.88. The topological polar surface area (TPSA) is 105 Å². The lowest BCUT2D eigenvalue weighted by molar-refractivity contribution is -0.115. The average molecular weight is 488 g/mol. The van der Waals surface area contributed by atoms with Crippen LogP contribution >= 0.6 is 11.8 Å². The van der Waals surface area contributed by atoms with E-state index >= 15 is 0 Å². The van der Waals surface area contributed by atoms with Gasteiger partial charge >= 0.3 is 0 Å². The maximum absolute atomic E-state index is 12.8. The van der Waals surface area contributed by atoms with Crippen LogP contribution in [0.2, 0.25) is 0 Å². The molecule has 1 heterocycles. The molecule has 35 heavy (non-hydrogen) atoms. The molecule has 0 bridgehead atoms. The van der Waals surface area contributed by atoms with E-state index in [4.69, 9.17) is 4.74 Å². The van der Waals surface area contributed by atoms with Crippen molar-refractivity contribution in [2.45, 2.75) is 17.3 Å². The Morgan fingerprint density at radius 2 is 1.63 bits per heavy atom. The van der Waals surface area contributed by atoms with Crippen molar-refractivity contribution in [3.05, 3.63) is 78.4 Å². The van der Waals surface area contributed by atoms with Crippen molar-refractivity contribution in [3.63, 3.8) is 0 Å². The number of hydrogen-bond donors (Lipinski definition) is 3. The predicted molar refractivity (Wildman–Crippen MR) is 140 cm³/mol. The van der Waals surface area contributed by atoms with E-state index in [0.717, 1.165) is 10.9 Å². The molecule has 178 valence electrons. The number of amides is 2. The monoisotopic (exact) mass is 487 g/mol. The van der Waals surface area contributed by atoms with Gasteiger partial charge in [0.2, 0.25) is 5.91 Å². The molecule has 0 aliphatic heterocycles. The van der Waals surface area contributed by atoms with Gasteiger partial charge < -0.3 is 20.7 Å². The molecular weight excluding hydrogens is 462 g/mol. The molecule has 8 nitrogen and oxygen atoms in total. The minimum atomic E-state index is -0.436. The minimum absolute atomic E-state index is 0.191. The Morgan fingerprint density at radius 3 is 2.37 bits per heavy atom. The fourth-order valence-corrected chi connectivity index (χ4v) is 4.18. The SMILES string of the molecule is CNc1nc(SC(C)C(=O)Nc2ccc(C(=O)Nc3ccccc3OC)cc2)nc2ccccc12. The number of para-hydroxylation sites is 3. The first-order valence-electron chi connectivity index (χ1n) is 10.9. The summed E-state index contributed by atoms with van der Waals surface area (Å²) in [6.07, 6.45) is 0. The summed E-state index contributed by atoms with van der Waals surface area (Å²) in [7, 11) is 3.35. The van der Waals surface area contributed by atoms with E-state index in [0.29, 0.717) is 33.7 Å². The van der Waals surface area contributed by atoms with Gasteiger partial charge in [0.05, 0.1) is 23.6 Å². The number of carbonyl (C=O) groups excluding carboxylic acids is 2. The number of fused-ring (bicyclic) bond motifs is 1. The predicted octanol–water partition coefficient (Wildman–Crippen LogP) is 5.05. The summed E-state index contributed by atoms with van der Waals surface area (Å²) >= 11 is 1.28. The molecule has 0 spiro atoms. The fourth-order valence-electron chi connectivity index (χ4n) is 3.40. The molecule has 3 aromatic carbocycles. The van der Waals surface area contributed by atoms with Gasteiger partial charge in [-0.2, -0.15) is 0 Å². The van der Waals surface area contributed by atoms with Crippen LogP contribution in [0.5, 0.6) is 5.75 Å².